The van der Waals surface area contributed by atoms with Crippen molar-refractivity contribution in [1.29, 1.82) is 0 Å². The van der Waals surface area contributed by atoms with Gasteiger partial charge in [0.05, 0.1) is 11.6 Å². The Kier molecular flexibility index (Phi) is 8.44. The molecule has 0 radical (unpaired) electrons. The molecule has 0 spiro atoms. The molecule has 1 aliphatic rings. The first-order chi connectivity index (χ1) is 18.7. The average Bonchev–Trinajstić information content (AvgIpc) is 3.64. The number of alkyl halides is 3. The number of nitrogens with one attached hydrogen (secondary N) is 1. The van der Waals surface area contributed by atoms with Gasteiger partial charge in [0.2, 0.25) is 0 Å². The van der Waals surface area contributed by atoms with E-state index in [4.69, 9.17) is 16.3 Å². The van der Waals surface area contributed by atoms with Crippen molar-refractivity contribution >= 4 is 23.5 Å². The van der Waals surface area contributed by atoms with Crippen LogP contribution in [0.5, 0.6) is 0 Å². The second-order valence-electron chi connectivity index (χ2n) is 10.7. The van der Waals surface area contributed by atoms with Crippen LogP contribution in [-0.2, 0) is 22.3 Å². The van der Waals surface area contributed by atoms with Gasteiger partial charge < -0.3 is 10.1 Å². The van der Waals surface area contributed by atoms with E-state index in [0.717, 1.165) is 23.6 Å². The number of nitrogens with zero attached hydrogens (tertiary/aromatic N) is 3. The third-order valence-corrected chi connectivity index (χ3v) is 6.51. The summed E-state index contributed by atoms with van der Waals surface area (Å²) in [5, 5.41) is 7.41. The molecule has 8 nitrogen and oxygen atoms in total. The summed E-state index contributed by atoms with van der Waals surface area (Å²) in [7, 11) is 0. The molecule has 3 aromatic rings. The van der Waals surface area contributed by atoms with Crippen molar-refractivity contribution in [3.63, 3.8) is 0 Å². The minimum atomic E-state index is -4.67. The molecule has 12 heteroatoms. The predicted octanol–water partition coefficient (Wildman–Crippen LogP) is 6.33. The van der Waals surface area contributed by atoms with E-state index in [2.05, 4.69) is 10.4 Å². The number of aromatic nitrogens is 3. The molecular formula is C28H30ClF3N4O4. The molecule has 1 aromatic heterocycles. The van der Waals surface area contributed by atoms with Crippen LogP contribution in [0.25, 0.3) is 11.4 Å². The number of halogens is 4. The highest BCUT2D eigenvalue weighted by Crippen LogP contribution is 2.37. The number of alkyl carbamates (subject to hydrolysis) is 1. The van der Waals surface area contributed by atoms with E-state index in [1.807, 2.05) is 0 Å². The van der Waals surface area contributed by atoms with Crippen LogP contribution in [0.4, 0.5) is 18.0 Å². The highest BCUT2D eigenvalue weighted by Gasteiger charge is 2.36. The topological polar surface area (TPSA) is 95.2 Å². The van der Waals surface area contributed by atoms with Crippen molar-refractivity contribution in [2.24, 2.45) is 0 Å². The Balaban J connectivity index is 1.54. The van der Waals surface area contributed by atoms with Gasteiger partial charge >= 0.3 is 18.0 Å². The molecule has 1 amide bonds. The number of benzene rings is 2. The number of hydrogen-bond donors (Lipinski definition) is 1. The molecule has 1 unspecified atom stereocenters. The zero-order valence-electron chi connectivity index (χ0n) is 22.3. The minimum Gasteiger partial charge on any atom is -0.444 e. The summed E-state index contributed by atoms with van der Waals surface area (Å²) in [5.41, 5.74) is -1.75. The first-order valence-electron chi connectivity index (χ1n) is 12.9. The summed E-state index contributed by atoms with van der Waals surface area (Å²) in [4.78, 5) is 38.6. The summed E-state index contributed by atoms with van der Waals surface area (Å²) in [6.07, 6.45) is -4.31. The van der Waals surface area contributed by atoms with Gasteiger partial charge in [-0.2, -0.15) is 13.2 Å². The number of ketones is 1. The largest absolute Gasteiger partial charge is 0.444 e. The average molecular weight is 579 g/mol. The van der Waals surface area contributed by atoms with Gasteiger partial charge in [-0.15, -0.1) is 5.10 Å². The Hall–Kier alpha value is -3.60. The van der Waals surface area contributed by atoms with E-state index in [1.54, 1.807) is 49.6 Å². The van der Waals surface area contributed by atoms with Crippen molar-refractivity contribution in [2.75, 3.05) is 0 Å². The smallest absolute Gasteiger partial charge is 0.416 e. The van der Waals surface area contributed by atoms with Gasteiger partial charge in [-0.1, -0.05) is 29.8 Å². The Labute approximate surface area is 234 Å². The molecule has 1 heterocycles. The van der Waals surface area contributed by atoms with Gasteiger partial charge in [0.25, 0.3) is 0 Å². The van der Waals surface area contributed by atoms with Crippen LogP contribution < -0.4 is 11.0 Å². The second kappa shape index (κ2) is 11.5. The van der Waals surface area contributed by atoms with Gasteiger partial charge in [0, 0.05) is 23.0 Å². The van der Waals surface area contributed by atoms with Gasteiger partial charge in [-0.05, 0) is 75.9 Å². The number of carbonyl (C=O) groups excluding carboxylic acids is 2. The lowest BCUT2D eigenvalue weighted by Gasteiger charge is -2.25. The fourth-order valence-electron chi connectivity index (χ4n) is 4.35. The van der Waals surface area contributed by atoms with Crippen molar-refractivity contribution in [2.45, 2.75) is 76.9 Å². The van der Waals surface area contributed by atoms with E-state index in [-0.39, 0.29) is 31.0 Å². The van der Waals surface area contributed by atoms with Gasteiger partial charge in [0.15, 0.2) is 11.6 Å². The monoisotopic (exact) mass is 578 g/mol. The Morgan fingerprint density at radius 2 is 1.75 bits per heavy atom. The molecule has 40 heavy (non-hydrogen) atoms. The molecule has 214 valence electrons. The molecule has 4 rings (SSSR count). The van der Waals surface area contributed by atoms with Crippen molar-refractivity contribution in [1.82, 2.24) is 19.7 Å². The molecule has 1 fully saturated rings. The number of carbonyl (C=O) groups is 2. The number of ether oxygens (including phenoxy) is 1. The maximum Gasteiger partial charge on any atom is 0.416 e. The molecule has 1 saturated carbocycles. The highest BCUT2D eigenvalue weighted by atomic mass is 35.5. The molecular weight excluding hydrogens is 549 g/mol. The maximum absolute atomic E-state index is 13.8. The predicted molar refractivity (Wildman–Crippen MR) is 143 cm³/mol. The van der Waals surface area contributed by atoms with Crippen molar-refractivity contribution in [3.05, 3.63) is 75.2 Å². The SMILES string of the molecule is CC(C)(C)OC(=O)NC(CCC(=O)Cn1nc(-c2ccc(Cl)cc2)n(C2CC2)c1=O)c1ccccc1C(F)(F)F. The summed E-state index contributed by atoms with van der Waals surface area (Å²) in [6.45, 7) is 4.53. The molecule has 0 aliphatic heterocycles. The lowest BCUT2D eigenvalue weighted by Crippen LogP contribution is -2.36. The standard InChI is InChI=1S/C28H30ClF3N4O4/c1-27(2,3)40-25(38)33-23(21-6-4-5-7-22(21)28(30,31)32)15-14-20(37)16-35-26(39)36(19-12-13-19)24(34-35)17-8-10-18(29)11-9-17/h4-11,19,23H,12-16H2,1-3H3,(H,33,38). The summed E-state index contributed by atoms with van der Waals surface area (Å²) in [5.74, 6) is -0.00813. The zero-order chi connectivity index (χ0) is 29.2. The van der Waals surface area contributed by atoms with E-state index >= 15 is 0 Å². The molecule has 1 N–H and O–H groups in total. The van der Waals surface area contributed by atoms with Crippen LogP contribution in [0.1, 0.15) is 69.7 Å². The van der Waals surface area contributed by atoms with E-state index < -0.39 is 40.9 Å². The highest BCUT2D eigenvalue weighted by molar-refractivity contribution is 6.30. The second-order valence-corrected chi connectivity index (χ2v) is 11.2. The van der Waals surface area contributed by atoms with Crippen molar-refractivity contribution in [3.8, 4) is 11.4 Å². The minimum absolute atomic E-state index is 0.0108. The number of amides is 1. The normalized spacial score (nSPS) is 14.6. The van der Waals surface area contributed by atoms with Crippen LogP contribution in [-0.4, -0.2) is 31.8 Å². The Morgan fingerprint density at radius 3 is 2.35 bits per heavy atom. The molecule has 1 atom stereocenters. The summed E-state index contributed by atoms with van der Waals surface area (Å²) < 4.78 is 49.1. The van der Waals surface area contributed by atoms with Gasteiger partial charge in [-0.25, -0.2) is 14.3 Å². The molecule has 0 saturated heterocycles. The number of hydrogen-bond acceptors (Lipinski definition) is 5. The van der Waals surface area contributed by atoms with E-state index in [0.29, 0.717) is 16.4 Å². The quantitative estimate of drug-likeness (QED) is 0.320. The van der Waals surface area contributed by atoms with Crippen LogP contribution >= 0.6 is 11.6 Å². The van der Waals surface area contributed by atoms with Crippen LogP contribution in [0.15, 0.2) is 53.3 Å². The first kappa shape index (κ1) is 29.4. The summed E-state index contributed by atoms with van der Waals surface area (Å²) >= 11 is 5.99. The zero-order valence-corrected chi connectivity index (χ0v) is 23.1. The van der Waals surface area contributed by atoms with Gasteiger partial charge in [-0.3, -0.25) is 9.36 Å². The van der Waals surface area contributed by atoms with E-state index in [9.17, 15) is 27.6 Å². The lowest BCUT2D eigenvalue weighted by atomic mass is 9.95. The van der Waals surface area contributed by atoms with Crippen LogP contribution in [0.2, 0.25) is 5.02 Å². The fraction of sp³-hybridized carbons (Fsp3) is 0.429. The fourth-order valence-corrected chi connectivity index (χ4v) is 4.47. The van der Waals surface area contributed by atoms with Gasteiger partial charge in [0.1, 0.15) is 12.1 Å². The molecule has 1 aliphatic carbocycles. The number of Topliss-reactive ketones (excluding diaryl/α,β-unsaturated/α-hetero) is 1. The third kappa shape index (κ3) is 7.32. The van der Waals surface area contributed by atoms with Crippen LogP contribution in [0.3, 0.4) is 0 Å². The van der Waals surface area contributed by atoms with E-state index in [1.165, 1.54) is 18.2 Å². The maximum atomic E-state index is 13.8. The Morgan fingerprint density at radius 1 is 1.10 bits per heavy atom. The first-order valence-corrected chi connectivity index (χ1v) is 13.2. The third-order valence-electron chi connectivity index (χ3n) is 6.26. The lowest BCUT2D eigenvalue weighted by molar-refractivity contribution is -0.138. The number of rotatable bonds is 9. The van der Waals surface area contributed by atoms with Crippen molar-refractivity contribution < 1.29 is 27.5 Å². The molecule has 2 aromatic carbocycles. The van der Waals surface area contributed by atoms with Crippen LogP contribution in [0, 0.1) is 0 Å². The molecule has 0 bridgehead atoms. The Bertz CT molecular complexity index is 1440. The summed E-state index contributed by atoms with van der Waals surface area (Å²) in [6, 6.07) is 10.5.